The van der Waals surface area contributed by atoms with Crippen LogP contribution in [-0.2, 0) is 16.1 Å². The molecule has 1 aromatic carbocycles. The lowest BCUT2D eigenvalue weighted by Gasteiger charge is -2.25. The van der Waals surface area contributed by atoms with Crippen LogP contribution in [0.25, 0.3) is 0 Å². The van der Waals surface area contributed by atoms with Gasteiger partial charge >= 0.3 is 0 Å². The summed E-state index contributed by atoms with van der Waals surface area (Å²) in [5.41, 5.74) is 9.32. The fraction of sp³-hybridized carbons (Fsp3) is 0.500. The topological polar surface area (TPSA) is 64.3 Å². The molecule has 1 aliphatic carbocycles. The summed E-state index contributed by atoms with van der Waals surface area (Å²) in [6.45, 7) is 0. The van der Waals surface area contributed by atoms with E-state index in [1.165, 1.54) is 0 Å². The summed E-state index contributed by atoms with van der Waals surface area (Å²) in [4.78, 5) is 17.2. The van der Waals surface area contributed by atoms with Gasteiger partial charge < -0.3 is 5.73 Å². The van der Waals surface area contributed by atoms with Crippen LogP contribution in [0, 0.1) is 0 Å². The molecule has 3 N–H and O–H groups in total. The van der Waals surface area contributed by atoms with Gasteiger partial charge in [-0.15, -0.1) is 0 Å². The Morgan fingerprint density at radius 1 is 1.32 bits per heavy atom. The second-order valence-electron chi connectivity index (χ2n) is 4.95. The van der Waals surface area contributed by atoms with Gasteiger partial charge in [-0.25, -0.2) is 5.48 Å². The first kappa shape index (κ1) is 14.5. The Balaban J connectivity index is 1.74. The molecule has 0 atom stereocenters. The minimum atomic E-state index is -0.123. The molecule has 0 unspecified atom stereocenters. The number of hydroxylamine groups is 1. The van der Waals surface area contributed by atoms with Gasteiger partial charge in [-0.1, -0.05) is 34.1 Å². The van der Waals surface area contributed by atoms with Crippen molar-refractivity contribution < 1.29 is 9.63 Å². The molecule has 0 aliphatic heterocycles. The van der Waals surface area contributed by atoms with E-state index in [0.29, 0.717) is 6.42 Å². The van der Waals surface area contributed by atoms with Crippen LogP contribution in [0.15, 0.2) is 28.7 Å². The molecule has 5 heteroatoms. The normalized spacial score (nSPS) is 23.1. The van der Waals surface area contributed by atoms with E-state index in [-0.39, 0.29) is 18.1 Å². The average molecular weight is 327 g/mol. The Kier molecular flexibility index (Phi) is 5.36. The molecule has 4 nitrogen and oxygen atoms in total. The van der Waals surface area contributed by atoms with Crippen LogP contribution < -0.4 is 11.2 Å². The van der Waals surface area contributed by atoms with Crippen molar-refractivity contribution >= 4 is 21.8 Å². The van der Waals surface area contributed by atoms with Crippen molar-refractivity contribution in [3.05, 3.63) is 34.3 Å². The molecule has 1 saturated carbocycles. The Hall–Kier alpha value is -0.910. The zero-order valence-electron chi connectivity index (χ0n) is 10.8. The summed E-state index contributed by atoms with van der Waals surface area (Å²) in [7, 11) is 0. The van der Waals surface area contributed by atoms with E-state index in [4.69, 9.17) is 10.6 Å². The number of rotatable bonds is 4. The minimum absolute atomic E-state index is 0.1000. The first-order chi connectivity index (χ1) is 9.15. The molecule has 1 aliphatic rings. The van der Waals surface area contributed by atoms with Crippen molar-refractivity contribution in [1.82, 2.24) is 5.48 Å². The molecule has 0 bridgehead atoms. The Morgan fingerprint density at radius 3 is 2.68 bits per heavy atom. The zero-order valence-corrected chi connectivity index (χ0v) is 12.4. The molecule has 0 saturated heterocycles. The van der Waals surface area contributed by atoms with Gasteiger partial charge in [0.2, 0.25) is 5.91 Å². The molecule has 0 heterocycles. The van der Waals surface area contributed by atoms with Crippen molar-refractivity contribution in [2.24, 2.45) is 5.73 Å². The van der Waals surface area contributed by atoms with Crippen molar-refractivity contribution in [2.45, 2.75) is 44.2 Å². The fourth-order valence-electron chi connectivity index (χ4n) is 2.21. The van der Waals surface area contributed by atoms with Crippen molar-refractivity contribution in [1.29, 1.82) is 0 Å². The minimum Gasteiger partial charge on any atom is -0.328 e. The maximum Gasteiger partial charge on any atom is 0.248 e. The van der Waals surface area contributed by atoms with Gasteiger partial charge in [-0.3, -0.25) is 9.63 Å². The lowest BCUT2D eigenvalue weighted by molar-refractivity contribution is -0.139. The number of halogens is 1. The van der Waals surface area contributed by atoms with E-state index >= 15 is 0 Å². The van der Waals surface area contributed by atoms with E-state index in [1.807, 2.05) is 24.3 Å². The van der Waals surface area contributed by atoms with Crippen LogP contribution >= 0.6 is 15.9 Å². The third-order valence-electron chi connectivity index (χ3n) is 3.37. The lowest BCUT2D eigenvalue weighted by Crippen LogP contribution is -2.36. The summed E-state index contributed by atoms with van der Waals surface area (Å²) in [6, 6.07) is 7.97. The average Bonchev–Trinajstić information content (AvgIpc) is 2.41. The maximum absolute atomic E-state index is 11.8. The SMILES string of the molecule is NC1CCC(ONC(=O)Cc2ccccc2Br)CC1. The van der Waals surface area contributed by atoms with Crippen LogP contribution in [0.4, 0.5) is 0 Å². The molecule has 0 spiro atoms. The highest BCUT2D eigenvalue weighted by atomic mass is 79.9. The highest BCUT2D eigenvalue weighted by molar-refractivity contribution is 9.10. The van der Waals surface area contributed by atoms with Crippen LogP contribution in [-0.4, -0.2) is 18.1 Å². The fourth-order valence-corrected chi connectivity index (χ4v) is 2.63. The molecule has 1 fully saturated rings. The second-order valence-corrected chi connectivity index (χ2v) is 5.80. The Morgan fingerprint density at radius 2 is 2.00 bits per heavy atom. The molecular weight excluding hydrogens is 308 g/mol. The van der Waals surface area contributed by atoms with E-state index in [0.717, 1.165) is 35.7 Å². The summed E-state index contributed by atoms with van der Waals surface area (Å²) in [6.07, 6.45) is 4.17. The lowest BCUT2D eigenvalue weighted by atomic mass is 9.94. The predicted molar refractivity (Wildman–Crippen MR) is 77.3 cm³/mol. The number of amides is 1. The molecule has 0 radical (unpaired) electrons. The zero-order chi connectivity index (χ0) is 13.7. The van der Waals surface area contributed by atoms with E-state index in [2.05, 4.69) is 21.4 Å². The van der Waals surface area contributed by atoms with Crippen LogP contribution in [0.5, 0.6) is 0 Å². The van der Waals surface area contributed by atoms with Gasteiger partial charge in [0.25, 0.3) is 0 Å². The highest BCUT2D eigenvalue weighted by Gasteiger charge is 2.20. The third kappa shape index (κ3) is 4.60. The van der Waals surface area contributed by atoms with Gasteiger partial charge in [0, 0.05) is 10.5 Å². The molecule has 2 rings (SSSR count). The number of nitrogens with two attached hydrogens (primary N) is 1. The largest absolute Gasteiger partial charge is 0.328 e. The number of carbonyl (C=O) groups is 1. The summed E-state index contributed by atoms with van der Waals surface area (Å²) >= 11 is 3.42. The molecule has 104 valence electrons. The molecule has 1 aromatic rings. The summed E-state index contributed by atoms with van der Waals surface area (Å²) < 4.78 is 0.939. The summed E-state index contributed by atoms with van der Waals surface area (Å²) in [5.74, 6) is -0.123. The van der Waals surface area contributed by atoms with Crippen molar-refractivity contribution in [2.75, 3.05) is 0 Å². The highest BCUT2D eigenvalue weighted by Crippen LogP contribution is 2.19. The third-order valence-corrected chi connectivity index (χ3v) is 4.14. The molecule has 0 aromatic heterocycles. The number of hydrogen-bond donors (Lipinski definition) is 2. The predicted octanol–water partition coefficient (Wildman–Crippen LogP) is 2.31. The monoisotopic (exact) mass is 326 g/mol. The smallest absolute Gasteiger partial charge is 0.248 e. The number of carbonyl (C=O) groups excluding carboxylic acids is 1. The Bertz CT molecular complexity index is 431. The van der Waals surface area contributed by atoms with Gasteiger partial charge in [-0.2, -0.15) is 0 Å². The number of hydrogen-bond acceptors (Lipinski definition) is 3. The number of benzene rings is 1. The van der Waals surface area contributed by atoms with E-state index < -0.39 is 0 Å². The quantitative estimate of drug-likeness (QED) is 0.834. The van der Waals surface area contributed by atoms with Crippen molar-refractivity contribution in [3.63, 3.8) is 0 Å². The van der Waals surface area contributed by atoms with Crippen molar-refractivity contribution in [3.8, 4) is 0 Å². The van der Waals surface area contributed by atoms with Gasteiger partial charge in [0.15, 0.2) is 0 Å². The first-order valence-corrected chi connectivity index (χ1v) is 7.38. The molecule has 19 heavy (non-hydrogen) atoms. The van der Waals surface area contributed by atoms with Gasteiger partial charge in [0.05, 0.1) is 12.5 Å². The standard InChI is InChI=1S/C14H19BrN2O2/c15-13-4-2-1-3-10(13)9-14(18)17-19-12-7-5-11(16)6-8-12/h1-4,11-12H,5-9,16H2,(H,17,18). The summed E-state index contributed by atoms with van der Waals surface area (Å²) in [5, 5.41) is 0. The van der Waals surface area contributed by atoms with Crippen LogP contribution in [0.2, 0.25) is 0 Å². The second kappa shape index (κ2) is 7.03. The van der Waals surface area contributed by atoms with E-state index in [1.54, 1.807) is 0 Å². The van der Waals surface area contributed by atoms with Crippen LogP contribution in [0.1, 0.15) is 31.2 Å². The first-order valence-electron chi connectivity index (χ1n) is 6.58. The molecule has 1 amide bonds. The van der Waals surface area contributed by atoms with Gasteiger partial charge in [-0.05, 0) is 37.3 Å². The molecular formula is C14H19BrN2O2. The number of nitrogens with one attached hydrogen (secondary N) is 1. The Labute approximate surface area is 121 Å². The van der Waals surface area contributed by atoms with Gasteiger partial charge in [0.1, 0.15) is 0 Å². The maximum atomic E-state index is 11.8. The van der Waals surface area contributed by atoms with E-state index in [9.17, 15) is 4.79 Å². The van der Waals surface area contributed by atoms with Crippen LogP contribution in [0.3, 0.4) is 0 Å².